The number of aryl methyl sites for hydroxylation is 1. The van der Waals surface area contributed by atoms with Crippen molar-refractivity contribution < 1.29 is 9.13 Å². The fraction of sp³-hybridized carbons (Fsp3) is 0.292. The molecule has 158 valence electrons. The third-order valence-electron chi connectivity index (χ3n) is 5.83. The minimum absolute atomic E-state index is 0.258. The molecule has 5 rings (SSSR count). The van der Waals surface area contributed by atoms with Gasteiger partial charge in [0.2, 0.25) is 0 Å². The molecule has 6 nitrogen and oxygen atoms in total. The average Bonchev–Trinajstić information content (AvgIpc) is 3.54. The van der Waals surface area contributed by atoms with Crippen LogP contribution in [0, 0.1) is 12.7 Å². The van der Waals surface area contributed by atoms with Crippen LogP contribution < -0.4 is 4.74 Å². The van der Waals surface area contributed by atoms with Gasteiger partial charge in [-0.2, -0.15) is 5.10 Å². The number of imidazole rings is 1. The number of hydrogen-bond acceptors (Lipinski definition) is 4. The number of hydrogen-bond donors (Lipinski definition) is 0. The highest BCUT2D eigenvalue weighted by Gasteiger charge is 2.24. The van der Waals surface area contributed by atoms with Crippen LogP contribution >= 0.6 is 0 Å². The predicted molar refractivity (Wildman–Crippen MR) is 117 cm³/mol. The molecule has 0 amide bonds. The van der Waals surface area contributed by atoms with Crippen LogP contribution in [-0.2, 0) is 0 Å². The van der Waals surface area contributed by atoms with E-state index in [-0.39, 0.29) is 5.82 Å². The molecule has 0 radical (unpaired) electrons. The number of aromatic nitrogens is 5. The lowest BCUT2D eigenvalue weighted by Crippen LogP contribution is -2.08. The van der Waals surface area contributed by atoms with Crippen molar-refractivity contribution in [2.75, 3.05) is 7.11 Å². The van der Waals surface area contributed by atoms with Gasteiger partial charge in [-0.25, -0.2) is 19.0 Å². The molecule has 2 aromatic carbocycles. The average molecular weight is 417 g/mol. The number of methoxy groups -OCH3 is 1. The van der Waals surface area contributed by atoms with Crippen molar-refractivity contribution in [3.05, 3.63) is 66.5 Å². The number of ether oxygens (including phenoxy) is 1. The van der Waals surface area contributed by atoms with Crippen molar-refractivity contribution in [1.82, 2.24) is 24.3 Å². The molecule has 1 fully saturated rings. The van der Waals surface area contributed by atoms with Gasteiger partial charge in [0.1, 0.15) is 11.6 Å². The van der Waals surface area contributed by atoms with E-state index in [0.717, 1.165) is 46.9 Å². The lowest BCUT2D eigenvalue weighted by molar-refractivity contribution is 0.413. The first-order valence-electron chi connectivity index (χ1n) is 10.5. The minimum Gasteiger partial charge on any atom is -0.495 e. The Balaban J connectivity index is 1.58. The standard InChI is InChI=1S/C24H24FN5O/c1-16-14-29(15-26-16)21-12-9-18(13-22(21)31-2)23-27-24(17-7-10-19(25)11-8-17)30(28-23)20-5-3-4-6-20/h7-15,20H,3-6H2,1-2H3. The summed E-state index contributed by atoms with van der Waals surface area (Å²) in [4.78, 5) is 9.16. The van der Waals surface area contributed by atoms with Crippen molar-refractivity contribution in [2.45, 2.75) is 38.6 Å². The molecule has 7 heteroatoms. The molecule has 0 aliphatic heterocycles. The Hall–Kier alpha value is -3.48. The Kier molecular flexibility index (Phi) is 5.02. The highest BCUT2D eigenvalue weighted by atomic mass is 19.1. The largest absolute Gasteiger partial charge is 0.495 e. The first-order valence-corrected chi connectivity index (χ1v) is 10.5. The lowest BCUT2D eigenvalue weighted by Gasteiger charge is -2.12. The second-order valence-corrected chi connectivity index (χ2v) is 7.96. The van der Waals surface area contributed by atoms with Crippen LogP contribution in [0.15, 0.2) is 55.0 Å². The Morgan fingerprint density at radius 3 is 2.45 bits per heavy atom. The molecule has 0 atom stereocenters. The van der Waals surface area contributed by atoms with Gasteiger partial charge >= 0.3 is 0 Å². The number of rotatable bonds is 5. The van der Waals surface area contributed by atoms with Gasteiger partial charge in [0, 0.05) is 17.3 Å². The first kappa shape index (κ1) is 19.5. The normalized spacial score (nSPS) is 14.3. The molecule has 0 spiro atoms. The zero-order chi connectivity index (χ0) is 21.4. The number of halogens is 1. The van der Waals surface area contributed by atoms with Crippen LogP contribution in [0.1, 0.15) is 37.4 Å². The van der Waals surface area contributed by atoms with Gasteiger partial charge in [0.15, 0.2) is 11.6 Å². The van der Waals surface area contributed by atoms with Gasteiger partial charge in [0.25, 0.3) is 0 Å². The molecule has 2 heterocycles. The van der Waals surface area contributed by atoms with Crippen molar-refractivity contribution >= 4 is 0 Å². The molecule has 2 aromatic heterocycles. The molecule has 1 saturated carbocycles. The SMILES string of the molecule is COc1cc(-c2nc(-c3ccc(F)cc3)n(C3CCCC3)n2)ccc1-n1cnc(C)c1. The molecule has 0 saturated heterocycles. The van der Waals surface area contributed by atoms with Gasteiger partial charge in [-0.1, -0.05) is 12.8 Å². The van der Waals surface area contributed by atoms with Gasteiger partial charge < -0.3 is 9.30 Å². The monoisotopic (exact) mass is 417 g/mol. The summed E-state index contributed by atoms with van der Waals surface area (Å²) >= 11 is 0. The van der Waals surface area contributed by atoms with Crippen molar-refractivity contribution in [3.8, 4) is 34.2 Å². The number of benzene rings is 2. The summed E-state index contributed by atoms with van der Waals surface area (Å²) in [6.45, 7) is 1.95. The zero-order valence-corrected chi connectivity index (χ0v) is 17.6. The summed E-state index contributed by atoms with van der Waals surface area (Å²) in [5.74, 6) is 1.87. The summed E-state index contributed by atoms with van der Waals surface area (Å²) < 4.78 is 23.1. The van der Waals surface area contributed by atoms with Gasteiger partial charge in [-0.05, 0) is 62.2 Å². The van der Waals surface area contributed by atoms with E-state index >= 15 is 0 Å². The van der Waals surface area contributed by atoms with Crippen molar-refractivity contribution in [1.29, 1.82) is 0 Å². The highest BCUT2D eigenvalue weighted by Crippen LogP contribution is 2.35. The maximum absolute atomic E-state index is 13.5. The second kappa shape index (κ2) is 7.98. The van der Waals surface area contributed by atoms with Crippen molar-refractivity contribution in [3.63, 3.8) is 0 Å². The summed E-state index contributed by atoms with van der Waals surface area (Å²) in [6, 6.07) is 12.7. The number of nitrogens with zero attached hydrogens (tertiary/aromatic N) is 5. The third kappa shape index (κ3) is 3.71. The van der Waals surface area contributed by atoms with E-state index in [1.807, 2.05) is 40.6 Å². The Morgan fingerprint density at radius 2 is 1.77 bits per heavy atom. The molecular weight excluding hydrogens is 393 g/mol. The van der Waals surface area contributed by atoms with Crippen molar-refractivity contribution in [2.24, 2.45) is 0 Å². The van der Waals surface area contributed by atoms with Crippen LogP contribution in [0.3, 0.4) is 0 Å². The van der Waals surface area contributed by atoms with Crippen LogP contribution in [0.4, 0.5) is 4.39 Å². The Labute approximate surface area is 180 Å². The Morgan fingerprint density at radius 1 is 1.03 bits per heavy atom. The molecule has 0 N–H and O–H groups in total. The fourth-order valence-corrected chi connectivity index (χ4v) is 4.23. The lowest BCUT2D eigenvalue weighted by atomic mass is 10.1. The Bertz CT molecular complexity index is 1210. The smallest absolute Gasteiger partial charge is 0.181 e. The molecular formula is C24H24FN5O. The van der Waals surface area contributed by atoms with Gasteiger partial charge in [0.05, 0.1) is 30.9 Å². The quantitative estimate of drug-likeness (QED) is 0.438. The second-order valence-electron chi connectivity index (χ2n) is 7.96. The van der Waals surface area contributed by atoms with E-state index in [1.54, 1.807) is 25.6 Å². The van der Waals surface area contributed by atoms with E-state index in [0.29, 0.717) is 11.9 Å². The van der Waals surface area contributed by atoms with E-state index in [9.17, 15) is 4.39 Å². The zero-order valence-electron chi connectivity index (χ0n) is 17.6. The van der Waals surface area contributed by atoms with E-state index in [1.165, 1.54) is 25.0 Å². The molecule has 0 unspecified atom stereocenters. The first-order chi connectivity index (χ1) is 15.1. The topological polar surface area (TPSA) is 57.8 Å². The van der Waals surface area contributed by atoms with E-state index in [2.05, 4.69) is 4.98 Å². The summed E-state index contributed by atoms with van der Waals surface area (Å²) in [6.07, 6.45) is 8.27. The fourth-order valence-electron chi connectivity index (χ4n) is 4.23. The van der Waals surface area contributed by atoms with Gasteiger partial charge in [-0.3, -0.25) is 0 Å². The van der Waals surface area contributed by atoms with Gasteiger partial charge in [-0.15, -0.1) is 0 Å². The molecule has 31 heavy (non-hydrogen) atoms. The highest BCUT2D eigenvalue weighted by molar-refractivity contribution is 5.66. The molecule has 1 aliphatic rings. The van der Waals surface area contributed by atoms with Crippen LogP contribution in [0.25, 0.3) is 28.5 Å². The minimum atomic E-state index is -0.258. The predicted octanol–water partition coefficient (Wildman–Crippen LogP) is 5.37. The molecule has 0 bridgehead atoms. The summed E-state index contributed by atoms with van der Waals surface area (Å²) in [5, 5.41) is 4.88. The van der Waals surface area contributed by atoms with E-state index < -0.39 is 0 Å². The maximum atomic E-state index is 13.5. The van der Waals surface area contributed by atoms with Crippen LogP contribution in [0.2, 0.25) is 0 Å². The van der Waals surface area contributed by atoms with E-state index in [4.69, 9.17) is 14.8 Å². The molecule has 4 aromatic rings. The summed E-state index contributed by atoms with van der Waals surface area (Å²) in [5.41, 5.74) is 3.58. The van der Waals surface area contributed by atoms with Crippen LogP contribution in [0.5, 0.6) is 5.75 Å². The maximum Gasteiger partial charge on any atom is 0.181 e. The molecule has 1 aliphatic carbocycles. The van der Waals surface area contributed by atoms with Crippen LogP contribution in [-0.4, -0.2) is 31.4 Å². The third-order valence-corrected chi connectivity index (χ3v) is 5.83. The summed E-state index contributed by atoms with van der Waals surface area (Å²) in [7, 11) is 1.65.